The summed E-state index contributed by atoms with van der Waals surface area (Å²) in [7, 11) is 0. The predicted molar refractivity (Wildman–Crippen MR) is 93.7 cm³/mol. The minimum absolute atomic E-state index is 0.0531. The molecule has 3 aromatic rings. The minimum Gasteiger partial charge on any atom is -0.439 e. The van der Waals surface area contributed by atoms with Crippen molar-refractivity contribution in [2.75, 3.05) is 0 Å². The first-order valence-corrected chi connectivity index (χ1v) is 8.26. The number of halogens is 2. The van der Waals surface area contributed by atoms with E-state index < -0.39 is 29.9 Å². The van der Waals surface area contributed by atoms with Crippen molar-refractivity contribution in [2.45, 2.75) is 12.1 Å². The first-order chi connectivity index (χ1) is 13.6. The zero-order chi connectivity index (χ0) is 19.5. The van der Waals surface area contributed by atoms with Gasteiger partial charge in [0.2, 0.25) is 0 Å². The number of benzene rings is 1. The van der Waals surface area contributed by atoms with Crippen LogP contribution in [-0.4, -0.2) is 21.3 Å². The van der Waals surface area contributed by atoms with Gasteiger partial charge in [0.25, 0.3) is 0 Å². The molecule has 1 fully saturated rings. The monoisotopic (exact) mass is 378 g/mol. The maximum atomic E-state index is 14.2. The number of cyclic esters (lactones) is 1. The second-order valence-electron chi connectivity index (χ2n) is 6.00. The highest BCUT2D eigenvalue weighted by Gasteiger charge is 2.38. The summed E-state index contributed by atoms with van der Waals surface area (Å²) in [6, 6.07) is 5.70. The molecule has 1 unspecified atom stereocenters. The number of amides is 1. The number of alkyl carbamates (subject to hydrolysis) is 1. The van der Waals surface area contributed by atoms with Gasteiger partial charge in [-0.25, -0.2) is 13.6 Å². The second-order valence-corrected chi connectivity index (χ2v) is 6.00. The van der Waals surface area contributed by atoms with Crippen LogP contribution in [-0.2, 0) is 4.74 Å². The molecule has 28 heavy (non-hydrogen) atoms. The van der Waals surface area contributed by atoms with Gasteiger partial charge in [0, 0.05) is 29.1 Å². The fraction of sp³-hybridized carbons (Fsp3) is 0.100. The average Bonchev–Trinajstić information content (AvgIpc) is 3.11. The zero-order valence-corrected chi connectivity index (χ0v) is 14.3. The second kappa shape index (κ2) is 7.40. The van der Waals surface area contributed by atoms with Crippen LogP contribution in [0.25, 0.3) is 0 Å². The van der Waals surface area contributed by atoms with E-state index >= 15 is 0 Å². The van der Waals surface area contributed by atoms with Crippen molar-refractivity contribution in [2.24, 2.45) is 0 Å². The maximum Gasteiger partial charge on any atom is 0.408 e. The third-order valence-electron chi connectivity index (χ3n) is 4.13. The van der Waals surface area contributed by atoms with Gasteiger partial charge in [-0.3, -0.25) is 4.98 Å². The molecular weight excluding hydrogens is 366 g/mol. The van der Waals surface area contributed by atoms with Crippen molar-refractivity contribution in [1.82, 2.24) is 20.5 Å². The Morgan fingerprint density at radius 2 is 1.86 bits per heavy atom. The first kappa shape index (κ1) is 17.5. The van der Waals surface area contributed by atoms with Gasteiger partial charge in [0.05, 0.1) is 12.4 Å². The smallest absolute Gasteiger partial charge is 0.408 e. The van der Waals surface area contributed by atoms with Gasteiger partial charge in [-0.05, 0) is 35.9 Å². The van der Waals surface area contributed by atoms with E-state index in [0.29, 0.717) is 16.7 Å². The molecule has 0 radical (unpaired) electrons. The third kappa shape index (κ3) is 3.64. The quantitative estimate of drug-likeness (QED) is 0.694. The zero-order valence-electron chi connectivity index (χ0n) is 14.3. The van der Waals surface area contributed by atoms with Crippen LogP contribution >= 0.6 is 0 Å². The molecule has 1 amide bonds. The van der Waals surface area contributed by atoms with Crippen molar-refractivity contribution in [3.63, 3.8) is 0 Å². The number of carbonyl (C=O) groups is 1. The fourth-order valence-electron chi connectivity index (χ4n) is 2.86. The number of ether oxygens (including phenoxy) is 1. The Morgan fingerprint density at radius 3 is 2.68 bits per heavy atom. The normalized spacial score (nSPS) is 18.0. The lowest BCUT2D eigenvalue weighted by atomic mass is 9.96. The van der Waals surface area contributed by atoms with E-state index in [1.807, 2.05) is 0 Å². The summed E-state index contributed by atoms with van der Waals surface area (Å²) < 4.78 is 33.0. The van der Waals surface area contributed by atoms with Gasteiger partial charge < -0.3 is 10.1 Å². The van der Waals surface area contributed by atoms with Gasteiger partial charge in [-0.2, -0.15) is 10.2 Å². The number of rotatable bonds is 2. The highest BCUT2D eigenvalue weighted by molar-refractivity contribution is 5.71. The number of nitrogens with one attached hydrogen (secondary N) is 1. The molecule has 138 valence electrons. The summed E-state index contributed by atoms with van der Waals surface area (Å²) in [5, 5.41) is 10.0. The summed E-state index contributed by atoms with van der Waals surface area (Å²) >= 11 is 0. The summed E-state index contributed by atoms with van der Waals surface area (Å²) in [5.74, 6) is 4.58. The minimum atomic E-state index is -1.03. The molecule has 8 heteroatoms. The van der Waals surface area contributed by atoms with Crippen molar-refractivity contribution in [1.29, 1.82) is 0 Å². The van der Waals surface area contributed by atoms with Gasteiger partial charge in [0.15, 0.2) is 6.10 Å². The van der Waals surface area contributed by atoms with Crippen LogP contribution in [0.5, 0.6) is 0 Å². The Bertz CT molecular complexity index is 1100. The molecule has 1 saturated heterocycles. The van der Waals surface area contributed by atoms with Crippen LogP contribution in [0.2, 0.25) is 0 Å². The van der Waals surface area contributed by atoms with Crippen molar-refractivity contribution < 1.29 is 18.3 Å². The van der Waals surface area contributed by atoms with Crippen molar-refractivity contribution in [3.05, 3.63) is 89.0 Å². The molecule has 0 saturated carbocycles. The molecule has 2 atom stereocenters. The van der Waals surface area contributed by atoms with Gasteiger partial charge in [-0.15, -0.1) is 0 Å². The Hall–Kier alpha value is -3.86. The number of aromatic nitrogens is 3. The van der Waals surface area contributed by atoms with Crippen LogP contribution in [0.4, 0.5) is 13.6 Å². The lowest BCUT2D eigenvalue weighted by Gasteiger charge is -2.18. The SMILES string of the molecule is O=C1N[C@H](c2cncc(C#Cc3ccnnc3)c2)C(c2cc(F)ccc2F)O1. The van der Waals surface area contributed by atoms with E-state index in [1.54, 1.807) is 18.3 Å². The Morgan fingerprint density at radius 1 is 1.00 bits per heavy atom. The molecule has 1 aliphatic rings. The summed E-state index contributed by atoms with van der Waals surface area (Å²) in [6.07, 6.45) is 4.37. The average molecular weight is 378 g/mol. The first-order valence-electron chi connectivity index (χ1n) is 8.26. The van der Waals surface area contributed by atoms with Gasteiger partial charge >= 0.3 is 6.09 Å². The van der Waals surface area contributed by atoms with E-state index in [9.17, 15) is 13.6 Å². The van der Waals surface area contributed by atoms with E-state index in [-0.39, 0.29) is 5.56 Å². The Labute approximate surface area is 158 Å². The highest BCUT2D eigenvalue weighted by atomic mass is 19.1. The van der Waals surface area contributed by atoms with Gasteiger partial charge in [-0.1, -0.05) is 11.8 Å². The third-order valence-corrected chi connectivity index (χ3v) is 4.13. The molecule has 1 aliphatic heterocycles. The largest absolute Gasteiger partial charge is 0.439 e. The van der Waals surface area contributed by atoms with Crippen LogP contribution in [0.3, 0.4) is 0 Å². The Kier molecular flexibility index (Phi) is 4.64. The van der Waals surface area contributed by atoms with Crippen LogP contribution in [0, 0.1) is 23.5 Å². The number of hydrogen-bond donors (Lipinski definition) is 1. The summed E-state index contributed by atoms with van der Waals surface area (Å²) in [4.78, 5) is 15.9. The number of pyridine rings is 1. The number of carbonyl (C=O) groups excluding carboxylic acids is 1. The van der Waals surface area contributed by atoms with Crippen molar-refractivity contribution in [3.8, 4) is 11.8 Å². The molecule has 0 spiro atoms. The number of nitrogens with zero attached hydrogens (tertiary/aromatic N) is 3. The summed E-state index contributed by atoms with van der Waals surface area (Å²) in [5.41, 5.74) is 1.76. The van der Waals surface area contributed by atoms with Crippen molar-refractivity contribution >= 4 is 6.09 Å². The maximum absolute atomic E-state index is 14.2. The molecule has 2 aromatic heterocycles. The molecular formula is C20H12F2N4O2. The van der Waals surface area contributed by atoms with E-state index in [1.165, 1.54) is 18.6 Å². The van der Waals surface area contributed by atoms with Crippen LogP contribution in [0.15, 0.2) is 55.1 Å². The predicted octanol–water partition coefficient (Wildman–Crippen LogP) is 3.07. The van der Waals surface area contributed by atoms with Crippen LogP contribution in [0.1, 0.15) is 34.4 Å². The molecule has 4 rings (SSSR count). The Balaban J connectivity index is 1.67. The standard InChI is InChI=1S/C20H12F2N4O2/c21-15-3-4-17(22)16(8-15)19-18(26-20(27)28-19)14-7-13(9-23-11-14)2-1-12-5-6-24-25-10-12/h3-11,18-19H,(H,26,27)/t18-,19?/m1/s1. The summed E-state index contributed by atoms with van der Waals surface area (Å²) in [6.45, 7) is 0. The molecule has 0 bridgehead atoms. The van der Waals surface area contributed by atoms with Gasteiger partial charge in [0.1, 0.15) is 17.7 Å². The molecule has 0 aliphatic carbocycles. The number of hydrogen-bond acceptors (Lipinski definition) is 5. The lowest BCUT2D eigenvalue weighted by Crippen LogP contribution is -2.20. The van der Waals surface area contributed by atoms with E-state index in [2.05, 4.69) is 32.3 Å². The highest BCUT2D eigenvalue weighted by Crippen LogP contribution is 2.37. The fourth-order valence-corrected chi connectivity index (χ4v) is 2.86. The molecule has 3 heterocycles. The molecule has 6 nitrogen and oxygen atoms in total. The van der Waals surface area contributed by atoms with E-state index in [0.717, 1.165) is 18.2 Å². The lowest BCUT2D eigenvalue weighted by molar-refractivity contribution is 0.130. The molecule has 1 N–H and O–H groups in total. The van der Waals surface area contributed by atoms with Crippen LogP contribution < -0.4 is 5.32 Å². The molecule has 1 aromatic carbocycles. The topological polar surface area (TPSA) is 77.0 Å². The van der Waals surface area contributed by atoms with E-state index in [4.69, 9.17) is 4.74 Å².